The van der Waals surface area contributed by atoms with Gasteiger partial charge in [-0.15, -0.1) is 6.58 Å². The highest BCUT2D eigenvalue weighted by molar-refractivity contribution is 5.86. The van der Waals surface area contributed by atoms with Crippen LogP contribution in [0.1, 0.15) is 31.2 Å². The van der Waals surface area contributed by atoms with E-state index in [4.69, 9.17) is 9.47 Å². The molecular formula is C20H26FNO5. The van der Waals surface area contributed by atoms with Gasteiger partial charge in [-0.2, -0.15) is 0 Å². The van der Waals surface area contributed by atoms with Crippen LogP contribution < -0.4 is 5.32 Å². The van der Waals surface area contributed by atoms with Crippen LogP contribution in [0, 0.1) is 5.82 Å². The van der Waals surface area contributed by atoms with Crippen LogP contribution in [0.3, 0.4) is 0 Å². The molecule has 4 atom stereocenters. The van der Waals surface area contributed by atoms with Gasteiger partial charge >= 0.3 is 0 Å². The summed E-state index contributed by atoms with van der Waals surface area (Å²) in [7, 11) is 0. The van der Waals surface area contributed by atoms with Crippen LogP contribution in [-0.4, -0.2) is 52.7 Å². The Bertz CT molecular complexity index is 663. The number of aliphatic hydroxyl groups excluding tert-OH is 2. The summed E-state index contributed by atoms with van der Waals surface area (Å²) in [6, 6.07) is 5.94. The van der Waals surface area contributed by atoms with Gasteiger partial charge in [0, 0.05) is 18.9 Å². The summed E-state index contributed by atoms with van der Waals surface area (Å²) < 4.78 is 24.7. The average Bonchev–Trinajstić information content (AvgIpc) is 3.46. The molecule has 7 heteroatoms. The first kappa shape index (κ1) is 19.9. The van der Waals surface area contributed by atoms with E-state index in [1.807, 2.05) is 0 Å². The number of aliphatic hydroxyl groups is 2. The second kappa shape index (κ2) is 8.48. The lowest BCUT2D eigenvalue weighted by Crippen LogP contribution is -2.61. The molecule has 2 aliphatic carbocycles. The SMILES string of the molecule is C=CCOC1C[C@](OCc2ccc(F)cc2)(C(=O)NC2CC2)C[C@@H](O)[C@H]1O. The lowest BCUT2D eigenvalue weighted by molar-refractivity contribution is -0.196. The Kier molecular flexibility index (Phi) is 6.26. The number of hydrogen-bond donors (Lipinski definition) is 3. The molecule has 27 heavy (non-hydrogen) atoms. The van der Waals surface area contributed by atoms with E-state index in [9.17, 15) is 19.4 Å². The first-order valence-corrected chi connectivity index (χ1v) is 9.21. The second-order valence-corrected chi connectivity index (χ2v) is 7.28. The molecule has 1 amide bonds. The third kappa shape index (κ3) is 4.93. The largest absolute Gasteiger partial charge is 0.390 e. The van der Waals surface area contributed by atoms with Crippen LogP contribution in [0.15, 0.2) is 36.9 Å². The highest BCUT2D eigenvalue weighted by Crippen LogP contribution is 2.36. The van der Waals surface area contributed by atoms with Crippen LogP contribution in [0.5, 0.6) is 0 Å². The van der Waals surface area contributed by atoms with Gasteiger partial charge in [0.1, 0.15) is 11.9 Å². The summed E-state index contributed by atoms with van der Waals surface area (Å²) in [5, 5.41) is 23.5. The van der Waals surface area contributed by atoms with Crippen molar-refractivity contribution in [3.05, 3.63) is 48.3 Å². The number of carbonyl (C=O) groups is 1. The van der Waals surface area contributed by atoms with E-state index in [2.05, 4.69) is 11.9 Å². The van der Waals surface area contributed by atoms with E-state index in [0.29, 0.717) is 5.56 Å². The molecule has 6 nitrogen and oxygen atoms in total. The number of halogens is 1. The molecule has 0 aliphatic heterocycles. The number of benzene rings is 1. The standard InChI is InChI=1S/C20H26FNO5/c1-2-9-26-17-11-20(10-16(23)18(17)24,19(25)22-15-7-8-15)27-12-13-3-5-14(21)6-4-13/h2-6,15-18,23-24H,1,7-12H2,(H,22,25)/t16-,17?,18-,20+/m1/s1. The van der Waals surface area contributed by atoms with Gasteiger partial charge in [0.2, 0.25) is 0 Å². The van der Waals surface area contributed by atoms with Gasteiger partial charge in [-0.3, -0.25) is 4.79 Å². The van der Waals surface area contributed by atoms with Crippen LogP contribution in [0.4, 0.5) is 4.39 Å². The van der Waals surface area contributed by atoms with E-state index in [1.54, 1.807) is 18.2 Å². The molecule has 0 aromatic heterocycles. The van der Waals surface area contributed by atoms with Gasteiger partial charge < -0.3 is 25.0 Å². The minimum atomic E-state index is -1.33. The zero-order chi connectivity index (χ0) is 19.4. The van der Waals surface area contributed by atoms with Crippen molar-refractivity contribution in [3.63, 3.8) is 0 Å². The minimum absolute atomic E-state index is 0.0398. The average molecular weight is 379 g/mol. The highest BCUT2D eigenvalue weighted by Gasteiger charge is 2.52. The number of ether oxygens (including phenoxy) is 2. The molecule has 3 N–H and O–H groups in total. The van der Waals surface area contributed by atoms with E-state index < -0.39 is 23.9 Å². The summed E-state index contributed by atoms with van der Waals surface area (Å²) in [6.07, 6.45) is 0.417. The van der Waals surface area contributed by atoms with Crippen molar-refractivity contribution in [2.75, 3.05) is 6.61 Å². The van der Waals surface area contributed by atoms with Crippen molar-refractivity contribution in [2.45, 2.75) is 62.2 Å². The zero-order valence-corrected chi connectivity index (χ0v) is 15.1. The predicted molar refractivity (Wildman–Crippen MR) is 96.3 cm³/mol. The minimum Gasteiger partial charge on any atom is -0.390 e. The van der Waals surface area contributed by atoms with E-state index in [0.717, 1.165) is 12.8 Å². The van der Waals surface area contributed by atoms with Gasteiger partial charge in [-0.1, -0.05) is 18.2 Å². The molecule has 0 radical (unpaired) electrons. The summed E-state index contributed by atoms with van der Waals surface area (Å²) in [5.41, 5.74) is -0.624. The lowest BCUT2D eigenvalue weighted by atomic mass is 9.78. The molecule has 1 aromatic rings. The van der Waals surface area contributed by atoms with Gasteiger partial charge in [-0.25, -0.2) is 4.39 Å². The molecule has 2 aliphatic rings. The molecule has 0 heterocycles. The van der Waals surface area contributed by atoms with Gasteiger partial charge in [0.05, 0.1) is 25.4 Å². The van der Waals surface area contributed by atoms with Crippen molar-refractivity contribution in [3.8, 4) is 0 Å². The first-order valence-electron chi connectivity index (χ1n) is 9.21. The van der Waals surface area contributed by atoms with Gasteiger partial charge in [0.25, 0.3) is 5.91 Å². The van der Waals surface area contributed by atoms with E-state index in [1.165, 1.54) is 12.1 Å². The summed E-state index contributed by atoms with van der Waals surface area (Å²) >= 11 is 0. The predicted octanol–water partition coefficient (Wildman–Crippen LogP) is 1.45. The number of hydrogen-bond acceptors (Lipinski definition) is 5. The van der Waals surface area contributed by atoms with Crippen molar-refractivity contribution in [1.29, 1.82) is 0 Å². The summed E-state index contributed by atoms with van der Waals surface area (Å²) in [5.74, 6) is -0.667. The Balaban J connectivity index is 1.78. The van der Waals surface area contributed by atoms with Crippen LogP contribution in [-0.2, 0) is 20.9 Å². The number of nitrogens with one attached hydrogen (secondary N) is 1. The fraction of sp³-hybridized carbons (Fsp3) is 0.550. The smallest absolute Gasteiger partial charge is 0.252 e. The maximum Gasteiger partial charge on any atom is 0.252 e. The zero-order valence-electron chi connectivity index (χ0n) is 15.1. The van der Waals surface area contributed by atoms with Crippen LogP contribution in [0.25, 0.3) is 0 Å². The molecule has 148 valence electrons. The molecule has 0 saturated heterocycles. The first-order chi connectivity index (χ1) is 12.9. The van der Waals surface area contributed by atoms with Crippen LogP contribution in [0.2, 0.25) is 0 Å². The Morgan fingerprint density at radius 1 is 1.30 bits per heavy atom. The van der Waals surface area contributed by atoms with Gasteiger partial charge in [0.15, 0.2) is 5.60 Å². The third-order valence-electron chi connectivity index (χ3n) is 5.03. The van der Waals surface area contributed by atoms with Gasteiger partial charge in [-0.05, 0) is 30.5 Å². The Morgan fingerprint density at radius 2 is 2.00 bits per heavy atom. The topological polar surface area (TPSA) is 88.0 Å². The maximum absolute atomic E-state index is 13.1. The maximum atomic E-state index is 13.1. The molecule has 1 unspecified atom stereocenters. The third-order valence-corrected chi connectivity index (χ3v) is 5.03. The quantitative estimate of drug-likeness (QED) is 0.595. The molecule has 2 saturated carbocycles. The van der Waals surface area contributed by atoms with Crippen molar-refractivity contribution in [2.24, 2.45) is 0 Å². The normalized spacial score (nSPS) is 30.7. The lowest BCUT2D eigenvalue weighted by Gasteiger charge is -2.43. The summed E-state index contributed by atoms with van der Waals surface area (Å²) in [6.45, 7) is 3.85. The number of rotatable bonds is 8. The molecule has 2 fully saturated rings. The fourth-order valence-electron chi connectivity index (χ4n) is 3.30. The second-order valence-electron chi connectivity index (χ2n) is 7.28. The Morgan fingerprint density at radius 3 is 2.63 bits per heavy atom. The molecule has 1 aromatic carbocycles. The molecule has 0 spiro atoms. The Labute approximate surface area is 158 Å². The molecule has 3 rings (SSSR count). The Hall–Kier alpha value is -1.80. The van der Waals surface area contributed by atoms with Crippen molar-refractivity contribution < 1.29 is 28.9 Å². The van der Waals surface area contributed by atoms with E-state index in [-0.39, 0.29) is 43.8 Å². The monoisotopic (exact) mass is 379 g/mol. The van der Waals surface area contributed by atoms with Crippen molar-refractivity contribution in [1.82, 2.24) is 5.32 Å². The van der Waals surface area contributed by atoms with E-state index >= 15 is 0 Å². The highest BCUT2D eigenvalue weighted by atomic mass is 19.1. The number of carbonyl (C=O) groups excluding carboxylic acids is 1. The molecule has 0 bridgehead atoms. The van der Waals surface area contributed by atoms with Crippen molar-refractivity contribution >= 4 is 5.91 Å². The summed E-state index contributed by atoms with van der Waals surface area (Å²) in [4.78, 5) is 13.0. The molecular weight excluding hydrogens is 353 g/mol. The van der Waals surface area contributed by atoms with Crippen LogP contribution >= 0.6 is 0 Å². The fourth-order valence-corrected chi connectivity index (χ4v) is 3.30. The number of amides is 1.